The third-order valence-electron chi connectivity index (χ3n) is 5.42. The van der Waals surface area contributed by atoms with Crippen molar-refractivity contribution in [1.82, 2.24) is 0 Å². The topological polar surface area (TPSA) is 0 Å². The number of hydrogen-bond donors (Lipinski definition) is 0. The molecule has 4 heteroatoms. The van der Waals surface area contributed by atoms with E-state index < -0.39 is 0 Å². The van der Waals surface area contributed by atoms with E-state index in [9.17, 15) is 0 Å². The Morgan fingerprint density at radius 2 is 0.778 bits per heavy atom. The van der Waals surface area contributed by atoms with Gasteiger partial charge in [0.1, 0.15) is 0 Å². The second kappa shape index (κ2) is 19.6. The van der Waals surface area contributed by atoms with Crippen LogP contribution in [0.3, 0.4) is 0 Å². The van der Waals surface area contributed by atoms with Crippen molar-refractivity contribution in [2.24, 2.45) is 0 Å². The van der Waals surface area contributed by atoms with Crippen LogP contribution < -0.4 is 33.6 Å². The van der Waals surface area contributed by atoms with Crippen molar-refractivity contribution >= 4 is 37.1 Å². The van der Waals surface area contributed by atoms with Crippen molar-refractivity contribution in [3.8, 4) is 0 Å². The minimum absolute atomic E-state index is 0. The molecule has 0 aliphatic heterocycles. The smallest absolute Gasteiger partial charge is 1.00 e. The first-order valence-electron chi connectivity index (χ1n) is 12.0. The molecule has 4 aromatic carbocycles. The molecule has 0 nitrogen and oxygen atoms in total. The monoisotopic (exact) mass is 711 g/mol. The molecule has 4 aromatic rings. The second-order valence-electron chi connectivity index (χ2n) is 7.86. The standard InChI is InChI=1S/C27H26P2.C5H9.ClH.Pt/c1-5-14-24(15-6-1)28(25-16-7-2-8-17-25)22-13-23-29(26-18-9-3-10-19-26)27-20-11-4-12-21-27;1-3-5-4-2;;/h1-12,14-21H,13,22-23H2;3-5H,1-2H3;1H;/q;;;+2/p-1/b;5-3+;;. The van der Waals surface area contributed by atoms with Gasteiger partial charge in [0.2, 0.25) is 0 Å². The molecule has 0 bridgehead atoms. The Hall–Kier alpha value is -1.54. The number of rotatable bonds is 9. The van der Waals surface area contributed by atoms with Crippen molar-refractivity contribution in [2.45, 2.75) is 20.3 Å². The van der Waals surface area contributed by atoms with Gasteiger partial charge in [-0.05, 0) is 69.2 Å². The molecule has 1 radical (unpaired) electrons. The van der Waals surface area contributed by atoms with Crippen LogP contribution in [0.2, 0.25) is 0 Å². The van der Waals surface area contributed by atoms with Crippen LogP contribution in [0.5, 0.6) is 0 Å². The molecule has 0 aliphatic carbocycles. The second-order valence-corrected chi connectivity index (χ2v) is 12.5. The molecule has 0 atom stereocenters. The molecule has 36 heavy (non-hydrogen) atoms. The average molecular weight is 712 g/mol. The van der Waals surface area contributed by atoms with Crippen molar-refractivity contribution in [3.63, 3.8) is 0 Å². The quantitative estimate of drug-likeness (QED) is 0.226. The Kier molecular flexibility index (Phi) is 17.6. The Bertz CT molecular complexity index is 912. The number of halogens is 1. The first-order chi connectivity index (χ1) is 16.8. The van der Waals surface area contributed by atoms with Gasteiger partial charge in [0.15, 0.2) is 0 Å². The summed E-state index contributed by atoms with van der Waals surface area (Å²) in [6, 6.07) is 44.3. The Morgan fingerprint density at radius 1 is 0.500 bits per heavy atom. The van der Waals surface area contributed by atoms with Crippen LogP contribution in [0, 0.1) is 6.42 Å². The van der Waals surface area contributed by atoms with E-state index in [2.05, 4.69) is 121 Å². The van der Waals surface area contributed by atoms with E-state index >= 15 is 0 Å². The van der Waals surface area contributed by atoms with Gasteiger partial charge in [-0.15, -0.1) is 0 Å². The predicted molar refractivity (Wildman–Crippen MR) is 157 cm³/mol. The molecule has 0 heterocycles. The molecular weight excluding hydrogens is 677 g/mol. The first kappa shape index (κ1) is 32.5. The SMILES string of the molecule is C[CH]/C=C/C.[Cl-].[Pt+2].c1ccc(P(CCCP(c2ccccc2)c2ccccc2)c2ccccc2)cc1. The number of hydrogen-bond acceptors (Lipinski definition) is 0. The van der Waals surface area contributed by atoms with Gasteiger partial charge in [0, 0.05) is 0 Å². The normalized spacial score (nSPS) is 10.3. The van der Waals surface area contributed by atoms with Gasteiger partial charge < -0.3 is 12.4 Å². The van der Waals surface area contributed by atoms with Crippen molar-refractivity contribution in [3.05, 3.63) is 140 Å². The van der Waals surface area contributed by atoms with Gasteiger partial charge in [-0.2, -0.15) is 0 Å². The van der Waals surface area contributed by atoms with E-state index in [0.29, 0.717) is 0 Å². The maximum Gasteiger partial charge on any atom is 2.00 e. The van der Waals surface area contributed by atoms with Crippen LogP contribution in [0.25, 0.3) is 0 Å². The number of allylic oxidation sites excluding steroid dienone is 2. The molecule has 0 spiro atoms. The summed E-state index contributed by atoms with van der Waals surface area (Å²) in [7, 11) is -0.618. The Balaban J connectivity index is 0.000000846. The zero-order chi connectivity index (χ0) is 23.8. The maximum atomic E-state index is 2.30. The third kappa shape index (κ3) is 10.8. The van der Waals surface area contributed by atoms with Gasteiger partial charge in [0.25, 0.3) is 0 Å². The zero-order valence-corrected chi connectivity index (χ0v) is 25.8. The summed E-state index contributed by atoms with van der Waals surface area (Å²) in [5, 5.41) is 5.94. The minimum Gasteiger partial charge on any atom is -1.00 e. The summed E-state index contributed by atoms with van der Waals surface area (Å²) < 4.78 is 0. The Morgan fingerprint density at radius 3 is 0.972 bits per heavy atom. The van der Waals surface area contributed by atoms with Crippen LogP contribution in [-0.4, -0.2) is 12.3 Å². The molecule has 0 amide bonds. The van der Waals surface area contributed by atoms with Crippen molar-refractivity contribution in [2.75, 3.05) is 12.3 Å². The first-order valence-corrected chi connectivity index (χ1v) is 15.0. The fourth-order valence-electron chi connectivity index (χ4n) is 3.83. The van der Waals surface area contributed by atoms with Crippen LogP contribution in [0.4, 0.5) is 0 Å². The van der Waals surface area contributed by atoms with E-state index in [0.717, 1.165) is 0 Å². The van der Waals surface area contributed by atoms with E-state index in [4.69, 9.17) is 0 Å². The molecule has 0 saturated carbocycles. The molecule has 4 rings (SSSR count). The summed E-state index contributed by atoms with van der Waals surface area (Å²) >= 11 is 0. The summed E-state index contributed by atoms with van der Waals surface area (Å²) in [6.45, 7) is 4.00. The molecular formula is C32H35ClP2Pt+. The maximum absolute atomic E-state index is 2.30. The van der Waals surface area contributed by atoms with Crippen LogP contribution in [0.15, 0.2) is 133 Å². The molecule has 0 saturated heterocycles. The fraction of sp³-hybridized carbons (Fsp3) is 0.156. The minimum atomic E-state index is -0.309. The summed E-state index contributed by atoms with van der Waals surface area (Å²) in [6.07, 6.45) is 9.72. The molecule has 0 aliphatic rings. The largest absolute Gasteiger partial charge is 2.00 e. The summed E-state index contributed by atoms with van der Waals surface area (Å²) in [5.74, 6) is 0. The summed E-state index contributed by atoms with van der Waals surface area (Å²) in [4.78, 5) is 0. The van der Waals surface area contributed by atoms with Gasteiger partial charge in [-0.25, -0.2) is 0 Å². The van der Waals surface area contributed by atoms with E-state index in [1.807, 2.05) is 32.4 Å². The fourth-order valence-corrected chi connectivity index (χ4v) is 8.78. The molecule has 0 aromatic heterocycles. The van der Waals surface area contributed by atoms with E-state index in [-0.39, 0.29) is 49.3 Å². The third-order valence-corrected chi connectivity index (χ3v) is 10.6. The predicted octanol–water partition coefficient (Wildman–Crippen LogP) is 4.43. The van der Waals surface area contributed by atoms with Crippen LogP contribution in [-0.2, 0) is 21.1 Å². The van der Waals surface area contributed by atoms with Crippen LogP contribution >= 0.6 is 15.8 Å². The summed E-state index contributed by atoms with van der Waals surface area (Å²) in [5.41, 5.74) is 0. The van der Waals surface area contributed by atoms with Crippen molar-refractivity contribution in [1.29, 1.82) is 0 Å². The average Bonchev–Trinajstić information content (AvgIpc) is 2.92. The molecule has 0 fully saturated rings. The molecule has 0 unspecified atom stereocenters. The number of benzene rings is 4. The van der Waals surface area contributed by atoms with Gasteiger partial charge in [0.05, 0.1) is 0 Å². The molecule has 189 valence electrons. The zero-order valence-electron chi connectivity index (χ0n) is 21.0. The van der Waals surface area contributed by atoms with Crippen LogP contribution in [0.1, 0.15) is 20.3 Å². The van der Waals surface area contributed by atoms with Crippen molar-refractivity contribution < 1.29 is 33.5 Å². The molecule has 0 N–H and O–H groups in total. The van der Waals surface area contributed by atoms with E-state index in [1.54, 1.807) is 0 Å². The van der Waals surface area contributed by atoms with Gasteiger partial charge >= 0.3 is 21.1 Å². The van der Waals surface area contributed by atoms with Gasteiger partial charge in [-0.1, -0.05) is 140 Å². The Labute approximate surface area is 241 Å². The van der Waals surface area contributed by atoms with E-state index in [1.165, 1.54) is 40.0 Å². The van der Waals surface area contributed by atoms with Gasteiger partial charge in [-0.3, -0.25) is 0 Å².